The standard InChI is InChI=1S/C62H68Cl4N6O9.2ClH/c1-71(2)33-11-35-79-53-37-39(17-21-49(53)65)55-45(43-13-7-9-15-47(43)63)19-23-51(67-55)57(73)69-61(29-25-41(77-5)26-30-61)59(75)81-60(76)62(31-27-42(78-6)28-32-62)70-58(74)52-24-20-46(44-14-8-10-16-48(44)64)56(68-52)40-18-22-50(66)54(38-40)80-36-12-34-72(3)4;;/h7-10,13-24,37-38,41-42H,11-12,25-36H2,1-6H3,(H,69,73)(H,70,74);2*1H. The van der Waals surface area contributed by atoms with Crippen LogP contribution in [0.25, 0.3) is 44.8 Å². The Labute approximate surface area is 518 Å². The smallest absolute Gasteiger partial charge is 0.339 e. The number of hydrogen-bond donors (Lipinski definition) is 2. The summed E-state index contributed by atoms with van der Waals surface area (Å²) in [6.45, 7) is 2.46. The van der Waals surface area contributed by atoms with Gasteiger partial charge in [0.05, 0.1) is 46.9 Å². The quantitative estimate of drug-likeness (QED) is 0.0374. The van der Waals surface area contributed by atoms with Crippen molar-refractivity contribution < 1.29 is 42.9 Å². The van der Waals surface area contributed by atoms with Crippen molar-refractivity contribution in [3.63, 3.8) is 0 Å². The molecule has 0 spiro atoms. The molecule has 0 atom stereocenters. The number of halogens is 6. The van der Waals surface area contributed by atoms with Crippen molar-refractivity contribution in [2.75, 3.05) is 68.7 Å². The molecule has 0 bridgehead atoms. The van der Waals surface area contributed by atoms with Gasteiger partial charge in [-0.15, -0.1) is 24.8 Å². The highest BCUT2D eigenvalue weighted by molar-refractivity contribution is 6.34. The maximum absolute atomic E-state index is 15.0. The molecule has 15 nitrogen and oxygen atoms in total. The number of amides is 2. The number of nitrogens with zero attached hydrogens (tertiary/aromatic N) is 4. The lowest BCUT2D eigenvalue weighted by Crippen LogP contribution is -2.62. The van der Waals surface area contributed by atoms with E-state index < -0.39 is 34.8 Å². The summed E-state index contributed by atoms with van der Waals surface area (Å²) in [5, 5.41) is 7.69. The average Bonchev–Trinajstić information content (AvgIpc) is 3.50. The van der Waals surface area contributed by atoms with Crippen LogP contribution >= 0.6 is 71.2 Å². The number of carbonyl (C=O) groups is 4. The van der Waals surface area contributed by atoms with Crippen LogP contribution in [0, 0.1) is 0 Å². The Balaban J connectivity index is 0.00000553. The molecule has 83 heavy (non-hydrogen) atoms. The molecule has 444 valence electrons. The third-order valence-electron chi connectivity index (χ3n) is 14.9. The highest BCUT2D eigenvalue weighted by Crippen LogP contribution is 2.41. The lowest BCUT2D eigenvalue weighted by atomic mass is 9.79. The van der Waals surface area contributed by atoms with Gasteiger partial charge in [0.25, 0.3) is 11.8 Å². The maximum atomic E-state index is 15.0. The minimum atomic E-state index is -1.70. The van der Waals surface area contributed by atoms with Gasteiger partial charge >= 0.3 is 11.9 Å². The fourth-order valence-electron chi connectivity index (χ4n) is 10.3. The van der Waals surface area contributed by atoms with Crippen molar-refractivity contribution in [1.29, 1.82) is 0 Å². The van der Waals surface area contributed by atoms with Crippen LogP contribution in [0.15, 0.2) is 109 Å². The van der Waals surface area contributed by atoms with Crippen LogP contribution in [-0.2, 0) is 23.8 Å². The summed E-state index contributed by atoms with van der Waals surface area (Å²) in [5.74, 6) is -2.45. The number of rotatable bonds is 22. The topological polar surface area (TPSA) is 171 Å². The van der Waals surface area contributed by atoms with Crippen LogP contribution in [-0.4, -0.2) is 136 Å². The molecule has 4 aromatic carbocycles. The molecule has 0 aliphatic heterocycles. The molecule has 2 aliphatic rings. The molecule has 2 fully saturated rings. The van der Waals surface area contributed by atoms with Gasteiger partial charge in [-0.1, -0.05) is 94.9 Å². The number of esters is 2. The van der Waals surface area contributed by atoms with Crippen molar-refractivity contribution in [2.45, 2.75) is 87.5 Å². The highest BCUT2D eigenvalue weighted by atomic mass is 35.5. The first kappa shape index (κ1) is 66.6. The van der Waals surface area contributed by atoms with Gasteiger partial charge in [0.2, 0.25) is 0 Å². The summed E-state index contributed by atoms with van der Waals surface area (Å²) in [6.07, 6.45) is 2.81. The second-order valence-corrected chi connectivity index (χ2v) is 22.7. The van der Waals surface area contributed by atoms with E-state index in [1.54, 1.807) is 87.0 Å². The van der Waals surface area contributed by atoms with Crippen molar-refractivity contribution in [3.05, 3.63) is 141 Å². The third kappa shape index (κ3) is 16.5. The van der Waals surface area contributed by atoms with Crippen molar-refractivity contribution >= 4 is 95.0 Å². The average molecular weight is 1260 g/mol. The molecule has 2 N–H and O–H groups in total. The fourth-order valence-corrected chi connectivity index (χ4v) is 11.1. The molecule has 21 heteroatoms. The van der Waals surface area contributed by atoms with E-state index in [4.69, 9.17) is 80.1 Å². The molecular weight excluding hydrogens is 1190 g/mol. The molecule has 2 amide bonds. The number of carbonyl (C=O) groups excluding carboxylic acids is 4. The zero-order valence-corrected chi connectivity index (χ0v) is 51.9. The second-order valence-electron chi connectivity index (χ2n) is 21.1. The van der Waals surface area contributed by atoms with E-state index in [2.05, 4.69) is 20.4 Å². The zero-order chi connectivity index (χ0) is 57.8. The van der Waals surface area contributed by atoms with E-state index in [1.165, 1.54) is 0 Å². The number of ether oxygens (including phenoxy) is 5. The molecule has 2 aromatic heterocycles. The lowest BCUT2D eigenvalue weighted by molar-refractivity contribution is -0.172. The molecule has 6 aromatic rings. The number of benzene rings is 4. The normalized spacial score (nSPS) is 18.6. The molecule has 2 heterocycles. The summed E-state index contributed by atoms with van der Waals surface area (Å²) < 4.78 is 29.6. The number of methoxy groups -OCH3 is 2. The van der Waals surface area contributed by atoms with Crippen LogP contribution in [0.1, 0.15) is 85.2 Å². The molecular formula is C62H70Cl6N6O9. The summed E-state index contributed by atoms with van der Waals surface area (Å²) in [5.41, 5.74) is 1.17. The van der Waals surface area contributed by atoms with Crippen LogP contribution in [0.5, 0.6) is 11.5 Å². The lowest BCUT2D eigenvalue weighted by Gasteiger charge is -2.40. The van der Waals surface area contributed by atoms with E-state index >= 15 is 0 Å². The molecule has 2 aliphatic carbocycles. The highest BCUT2D eigenvalue weighted by Gasteiger charge is 2.51. The molecule has 2 saturated carbocycles. The second kappa shape index (κ2) is 30.5. The monoisotopic (exact) mass is 1250 g/mol. The Morgan fingerprint density at radius 3 is 1.24 bits per heavy atom. The third-order valence-corrected chi connectivity index (χ3v) is 16.2. The van der Waals surface area contributed by atoms with Gasteiger partial charge < -0.3 is 44.1 Å². The Morgan fingerprint density at radius 2 is 0.892 bits per heavy atom. The van der Waals surface area contributed by atoms with E-state index in [9.17, 15) is 19.2 Å². The zero-order valence-electron chi connectivity index (χ0n) is 47.2. The van der Waals surface area contributed by atoms with Gasteiger partial charge in [-0.2, -0.15) is 0 Å². The van der Waals surface area contributed by atoms with E-state index in [-0.39, 0.29) is 74.1 Å². The van der Waals surface area contributed by atoms with Gasteiger partial charge in [-0.05, 0) is 153 Å². The first-order chi connectivity index (χ1) is 38.9. The summed E-state index contributed by atoms with van der Waals surface area (Å²) in [6, 6.07) is 31.8. The molecule has 0 unspecified atom stereocenters. The first-order valence-electron chi connectivity index (χ1n) is 27.1. The van der Waals surface area contributed by atoms with Crippen LogP contribution in [0.4, 0.5) is 0 Å². The van der Waals surface area contributed by atoms with Crippen molar-refractivity contribution in [2.24, 2.45) is 0 Å². The van der Waals surface area contributed by atoms with Gasteiger partial charge in [-0.25, -0.2) is 19.6 Å². The molecule has 8 rings (SSSR count). The predicted octanol–water partition coefficient (Wildman–Crippen LogP) is 13.1. The number of pyridine rings is 2. The van der Waals surface area contributed by atoms with Gasteiger partial charge in [0.1, 0.15) is 34.0 Å². The van der Waals surface area contributed by atoms with E-state index in [1.807, 2.05) is 64.6 Å². The summed E-state index contributed by atoms with van der Waals surface area (Å²) >= 11 is 26.8. The Kier molecular flexibility index (Phi) is 24.5. The maximum Gasteiger partial charge on any atom is 0.339 e. The molecule has 0 radical (unpaired) electrons. The number of nitrogens with one attached hydrogen (secondary N) is 2. The van der Waals surface area contributed by atoms with Crippen LogP contribution in [0.2, 0.25) is 20.1 Å². The predicted molar refractivity (Wildman–Crippen MR) is 332 cm³/mol. The largest absolute Gasteiger partial charge is 0.492 e. The minimum Gasteiger partial charge on any atom is -0.492 e. The Morgan fingerprint density at radius 1 is 0.518 bits per heavy atom. The van der Waals surface area contributed by atoms with E-state index in [0.29, 0.717) is 115 Å². The number of hydrogen-bond acceptors (Lipinski definition) is 13. The van der Waals surface area contributed by atoms with Crippen LogP contribution < -0.4 is 20.1 Å². The van der Waals surface area contributed by atoms with Gasteiger partial charge in [0.15, 0.2) is 0 Å². The van der Waals surface area contributed by atoms with E-state index in [0.717, 1.165) is 25.9 Å². The Hall–Kier alpha value is -5.56. The van der Waals surface area contributed by atoms with Gasteiger partial charge in [0, 0.05) is 70.7 Å². The summed E-state index contributed by atoms with van der Waals surface area (Å²) in [7, 11) is 11.1. The Bertz CT molecular complexity index is 3010. The fraction of sp³-hybridized carbons (Fsp3) is 0.387. The summed E-state index contributed by atoms with van der Waals surface area (Å²) in [4.78, 5) is 73.4. The SMILES string of the molecule is COC1CCC(NC(=O)c2ccc(-c3ccccc3Cl)c(-c3ccc(Cl)c(OCCCN(C)C)c3)n2)(C(=O)OC(=O)C2(NC(=O)c3ccc(-c4ccccc4Cl)c(-c4ccc(Cl)c(OCCCN(C)C)c4)n3)CCC(OC)CC2)CC1.Cl.Cl. The van der Waals surface area contributed by atoms with Gasteiger partial charge in [-0.3, -0.25) is 9.59 Å². The van der Waals surface area contributed by atoms with Crippen LogP contribution in [0.3, 0.4) is 0 Å². The minimum absolute atomic E-state index is 0. The van der Waals surface area contributed by atoms with Crippen molar-refractivity contribution in [3.8, 4) is 56.3 Å². The first-order valence-corrected chi connectivity index (χ1v) is 28.6. The number of aromatic nitrogens is 2. The van der Waals surface area contributed by atoms with Crippen molar-refractivity contribution in [1.82, 2.24) is 30.4 Å². The molecule has 0 saturated heterocycles.